The van der Waals surface area contributed by atoms with Gasteiger partial charge in [-0.15, -0.1) is 11.3 Å². The van der Waals surface area contributed by atoms with Gasteiger partial charge in [0.1, 0.15) is 6.61 Å². The van der Waals surface area contributed by atoms with E-state index in [-0.39, 0.29) is 10.8 Å². The Kier molecular flexibility index (Phi) is 4.48. The van der Waals surface area contributed by atoms with Crippen LogP contribution in [-0.4, -0.2) is 6.04 Å². The molecule has 1 aliphatic carbocycles. The third-order valence-corrected chi connectivity index (χ3v) is 4.90. The van der Waals surface area contributed by atoms with Crippen molar-refractivity contribution in [2.45, 2.75) is 39.0 Å². The molecule has 1 aliphatic rings. The molecule has 21 heavy (non-hydrogen) atoms. The van der Waals surface area contributed by atoms with Crippen LogP contribution >= 0.6 is 22.9 Å². The fraction of sp³-hybridized carbons (Fsp3) is 0.375. The molecule has 1 saturated carbocycles. The van der Waals surface area contributed by atoms with Crippen molar-refractivity contribution in [2.24, 2.45) is 0 Å². The third-order valence-electron chi connectivity index (χ3n) is 3.51. The van der Waals surface area contributed by atoms with E-state index in [4.69, 9.17) is 16.3 Å². The van der Waals surface area contributed by atoms with Gasteiger partial charge in [0.15, 0.2) is 11.6 Å². The predicted octanol–water partition coefficient (Wildman–Crippen LogP) is 4.68. The monoisotopic (exact) mass is 325 g/mol. The Morgan fingerprint density at radius 1 is 1.43 bits per heavy atom. The number of ether oxygens (including phenoxy) is 1. The van der Waals surface area contributed by atoms with Crippen molar-refractivity contribution in [3.63, 3.8) is 0 Å². The van der Waals surface area contributed by atoms with Crippen LogP contribution in [-0.2, 0) is 13.2 Å². The molecule has 0 spiro atoms. The maximum Gasteiger partial charge on any atom is 0.183 e. The van der Waals surface area contributed by atoms with Crippen molar-refractivity contribution >= 4 is 22.9 Å². The lowest BCUT2D eigenvalue weighted by molar-refractivity contribution is 0.290. The minimum absolute atomic E-state index is 0.0869. The summed E-state index contributed by atoms with van der Waals surface area (Å²) in [4.78, 5) is 2.51. The lowest BCUT2D eigenvalue weighted by Gasteiger charge is -2.07. The number of rotatable bonds is 6. The maximum absolute atomic E-state index is 13.8. The van der Waals surface area contributed by atoms with Crippen LogP contribution in [0.1, 0.15) is 28.2 Å². The maximum atomic E-state index is 13.8. The lowest BCUT2D eigenvalue weighted by Crippen LogP contribution is -2.14. The Balaban J connectivity index is 1.62. The summed E-state index contributed by atoms with van der Waals surface area (Å²) < 4.78 is 19.3. The van der Waals surface area contributed by atoms with Gasteiger partial charge in [-0.25, -0.2) is 4.39 Å². The molecule has 1 aromatic heterocycles. The van der Waals surface area contributed by atoms with Crippen molar-refractivity contribution in [3.8, 4) is 5.75 Å². The van der Waals surface area contributed by atoms with Crippen molar-refractivity contribution in [1.29, 1.82) is 0 Å². The largest absolute Gasteiger partial charge is 0.486 e. The van der Waals surface area contributed by atoms with Crippen LogP contribution in [0.4, 0.5) is 4.39 Å². The Hall–Kier alpha value is -1.10. The van der Waals surface area contributed by atoms with Crippen molar-refractivity contribution in [2.75, 3.05) is 0 Å². The highest BCUT2D eigenvalue weighted by molar-refractivity contribution is 7.12. The minimum Gasteiger partial charge on any atom is -0.486 e. The first kappa shape index (κ1) is 14.8. The van der Waals surface area contributed by atoms with Crippen molar-refractivity contribution in [1.82, 2.24) is 5.32 Å². The highest BCUT2D eigenvalue weighted by Gasteiger charge is 2.20. The molecule has 0 unspecified atom stereocenters. The molecule has 2 nitrogen and oxygen atoms in total. The van der Waals surface area contributed by atoms with Crippen LogP contribution in [0.5, 0.6) is 5.75 Å². The second-order valence-electron chi connectivity index (χ2n) is 5.29. The van der Waals surface area contributed by atoms with Gasteiger partial charge >= 0.3 is 0 Å². The van der Waals surface area contributed by atoms with Gasteiger partial charge < -0.3 is 10.1 Å². The van der Waals surface area contributed by atoms with Gasteiger partial charge in [-0.3, -0.25) is 0 Å². The molecule has 5 heteroatoms. The van der Waals surface area contributed by atoms with Gasteiger partial charge in [0.25, 0.3) is 0 Å². The number of benzene rings is 1. The zero-order valence-electron chi connectivity index (χ0n) is 11.8. The number of hydrogen-bond donors (Lipinski definition) is 1. The summed E-state index contributed by atoms with van der Waals surface area (Å²) in [6.07, 6.45) is 2.57. The summed E-state index contributed by atoms with van der Waals surface area (Å²) in [6.45, 7) is 3.34. The zero-order chi connectivity index (χ0) is 14.8. The molecule has 1 aromatic carbocycles. The second kappa shape index (κ2) is 6.34. The summed E-state index contributed by atoms with van der Waals surface area (Å²) in [7, 11) is 0. The number of thiophene rings is 1. The van der Waals surface area contributed by atoms with Gasteiger partial charge in [0.05, 0.1) is 5.02 Å². The van der Waals surface area contributed by atoms with Gasteiger partial charge in [0, 0.05) is 27.9 Å². The highest BCUT2D eigenvalue weighted by atomic mass is 35.5. The quantitative estimate of drug-likeness (QED) is 0.832. The molecular formula is C16H17ClFNOS. The van der Waals surface area contributed by atoms with Crippen LogP contribution in [0.2, 0.25) is 5.02 Å². The fourth-order valence-electron chi connectivity index (χ4n) is 2.10. The van der Waals surface area contributed by atoms with E-state index in [1.54, 1.807) is 23.5 Å². The van der Waals surface area contributed by atoms with E-state index in [0.717, 1.165) is 12.1 Å². The van der Waals surface area contributed by atoms with E-state index in [9.17, 15) is 4.39 Å². The van der Waals surface area contributed by atoms with E-state index in [1.165, 1.54) is 28.7 Å². The summed E-state index contributed by atoms with van der Waals surface area (Å²) in [6, 6.07) is 7.64. The molecule has 1 heterocycles. The number of nitrogens with one attached hydrogen (secondary N) is 1. The van der Waals surface area contributed by atoms with Crippen molar-refractivity contribution < 1.29 is 9.13 Å². The summed E-state index contributed by atoms with van der Waals surface area (Å²) in [5.41, 5.74) is 1.10. The molecular weight excluding hydrogens is 309 g/mol. The molecule has 0 atom stereocenters. The molecule has 0 saturated heterocycles. The van der Waals surface area contributed by atoms with Crippen LogP contribution < -0.4 is 10.1 Å². The topological polar surface area (TPSA) is 21.3 Å². The van der Waals surface area contributed by atoms with E-state index in [0.29, 0.717) is 12.6 Å². The zero-order valence-corrected chi connectivity index (χ0v) is 13.4. The first-order chi connectivity index (χ1) is 10.1. The Labute approximate surface area is 132 Å². The Morgan fingerprint density at radius 3 is 3.00 bits per heavy atom. The Bertz CT molecular complexity index is 639. The van der Waals surface area contributed by atoms with Crippen LogP contribution in [0.3, 0.4) is 0 Å². The van der Waals surface area contributed by atoms with E-state index in [1.807, 2.05) is 0 Å². The molecule has 2 aromatic rings. The van der Waals surface area contributed by atoms with Gasteiger partial charge in [-0.05, 0) is 38.0 Å². The molecule has 1 N–H and O–H groups in total. The highest BCUT2D eigenvalue weighted by Crippen LogP contribution is 2.28. The normalized spacial score (nSPS) is 14.4. The van der Waals surface area contributed by atoms with Crippen molar-refractivity contribution in [3.05, 3.63) is 50.4 Å². The van der Waals surface area contributed by atoms with E-state index in [2.05, 4.69) is 18.3 Å². The third kappa shape index (κ3) is 3.76. The molecule has 112 valence electrons. The average molecular weight is 326 g/mol. The van der Waals surface area contributed by atoms with E-state index >= 15 is 0 Å². The standard InChI is InChI=1S/C16H17ClFNOS/c1-10-11(7-13(21-10)8-19-12-5-6-12)9-20-15-4-2-3-14(17)16(15)18/h2-4,7,12,19H,5-6,8-9H2,1H3. The van der Waals surface area contributed by atoms with Crippen LogP contribution in [0.15, 0.2) is 24.3 Å². The number of aryl methyl sites for hydroxylation is 1. The minimum atomic E-state index is -0.498. The first-order valence-corrected chi connectivity index (χ1v) is 8.21. The smallest absolute Gasteiger partial charge is 0.183 e. The molecule has 0 aliphatic heterocycles. The molecule has 0 bridgehead atoms. The summed E-state index contributed by atoms with van der Waals surface area (Å²) in [5.74, 6) is -0.298. The molecule has 3 rings (SSSR count). The Morgan fingerprint density at radius 2 is 2.24 bits per heavy atom. The second-order valence-corrected chi connectivity index (χ2v) is 7.04. The van der Waals surface area contributed by atoms with Gasteiger partial charge in [-0.1, -0.05) is 17.7 Å². The number of halogens is 2. The predicted molar refractivity (Wildman–Crippen MR) is 84.7 cm³/mol. The average Bonchev–Trinajstić information content (AvgIpc) is 3.22. The fourth-order valence-corrected chi connectivity index (χ4v) is 3.27. The van der Waals surface area contributed by atoms with Gasteiger partial charge in [0.2, 0.25) is 0 Å². The van der Waals surface area contributed by atoms with Gasteiger partial charge in [-0.2, -0.15) is 0 Å². The lowest BCUT2D eigenvalue weighted by atomic mass is 10.2. The number of hydrogen-bond acceptors (Lipinski definition) is 3. The molecule has 1 fully saturated rings. The van der Waals surface area contributed by atoms with Crippen LogP contribution in [0.25, 0.3) is 0 Å². The SMILES string of the molecule is Cc1sc(CNC2CC2)cc1COc1cccc(Cl)c1F. The summed E-state index contributed by atoms with van der Waals surface area (Å²) in [5, 5.41) is 3.58. The first-order valence-electron chi connectivity index (χ1n) is 7.02. The van der Waals surface area contributed by atoms with Crippen LogP contribution in [0, 0.1) is 12.7 Å². The summed E-state index contributed by atoms with van der Waals surface area (Å²) >= 11 is 7.51. The molecule has 0 radical (unpaired) electrons. The molecule has 0 amide bonds. The van der Waals surface area contributed by atoms with E-state index < -0.39 is 5.82 Å².